The van der Waals surface area contributed by atoms with Crippen LogP contribution in [0, 0.1) is 51.2 Å². The van der Waals surface area contributed by atoms with E-state index in [1.807, 2.05) is 0 Å². The highest BCUT2D eigenvalue weighted by Crippen LogP contribution is 2.76. The third-order valence-corrected chi connectivity index (χ3v) is 15.5. The molecule has 0 aliphatic heterocycles. The second-order valence-electron chi connectivity index (χ2n) is 14.9. The molecular weight excluding hydrogens is 500 g/mol. The molecule has 0 saturated heterocycles. The second-order valence-corrected chi connectivity index (χ2v) is 16.9. The van der Waals surface area contributed by atoms with Crippen molar-refractivity contribution in [2.45, 2.75) is 123 Å². The van der Waals surface area contributed by atoms with Crippen molar-refractivity contribution in [2.24, 2.45) is 51.2 Å². The van der Waals surface area contributed by atoms with Gasteiger partial charge in [0.1, 0.15) is 0 Å². The fourth-order valence-electron chi connectivity index (χ4n) is 10.6. The van der Waals surface area contributed by atoms with Crippen molar-refractivity contribution in [3.8, 4) is 0 Å². The SMILES string of the molecule is CC[C@@H]1C2C[C@H](O)CC[C@]2(C)[C@@]2(C)CCC3(C)[C@@H](CC[C@]3(C)[C@H](C)CNC(=O)NS(=O)(=O)C3CC3)C2[C@@H]1O. The highest BCUT2D eigenvalue weighted by atomic mass is 32.2. The lowest BCUT2D eigenvalue weighted by atomic mass is 9.35. The molecule has 5 saturated carbocycles. The number of rotatable bonds is 6. The Bertz CT molecular complexity index is 1050. The topological polar surface area (TPSA) is 116 Å². The van der Waals surface area contributed by atoms with E-state index in [0.29, 0.717) is 31.2 Å². The van der Waals surface area contributed by atoms with Crippen molar-refractivity contribution in [1.82, 2.24) is 10.0 Å². The molecule has 4 N–H and O–H groups in total. The minimum Gasteiger partial charge on any atom is -0.393 e. The molecule has 0 heterocycles. The second kappa shape index (κ2) is 9.34. The van der Waals surface area contributed by atoms with E-state index in [1.165, 1.54) is 0 Å². The number of nitrogens with one attached hydrogen (secondary N) is 2. The zero-order chi connectivity index (χ0) is 27.9. The Morgan fingerprint density at radius 2 is 1.58 bits per heavy atom. The number of amides is 2. The summed E-state index contributed by atoms with van der Waals surface area (Å²) in [6.45, 7) is 14.6. The van der Waals surface area contributed by atoms with E-state index >= 15 is 0 Å². The molecule has 11 atom stereocenters. The van der Waals surface area contributed by atoms with Gasteiger partial charge in [-0.3, -0.25) is 0 Å². The fourth-order valence-corrected chi connectivity index (χ4v) is 11.8. The summed E-state index contributed by atoms with van der Waals surface area (Å²) in [4.78, 5) is 12.5. The summed E-state index contributed by atoms with van der Waals surface area (Å²) in [5.74, 6) is 1.40. The minimum atomic E-state index is -3.56. The van der Waals surface area contributed by atoms with E-state index in [2.05, 4.69) is 51.6 Å². The number of sulfonamides is 1. The first-order valence-electron chi connectivity index (χ1n) is 15.3. The highest BCUT2D eigenvalue weighted by molar-refractivity contribution is 7.90. The molecule has 3 unspecified atom stereocenters. The summed E-state index contributed by atoms with van der Waals surface area (Å²) in [5, 5.41) is 25.1. The lowest BCUT2D eigenvalue weighted by Gasteiger charge is -2.70. The number of aliphatic hydroxyl groups excluding tert-OH is 2. The van der Waals surface area contributed by atoms with Gasteiger partial charge in [0.15, 0.2) is 0 Å². The summed E-state index contributed by atoms with van der Waals surface area (Å²) in [6, 6.07) is -0.616. The number of fused-ring (bicyclic) bond motifs is 5. The van der Waals surface area contributed by atoms with E-state index in [4.69, 9.17) is 0 Å². The van der Waals surface area contributed by atoms with Gasteiger partial charge in [0, 0.05) is 6.54 Å². The van der Waals surface area contributed by atoms with Crippen molar-refractivity contribution in [3.05, 3.63) is 0 Å². The Morgan fingerprint density at radius 1 is 0.921 bits per heavy atom. The Kier molecular flexibility index (Phi) is 7.04. The zero-order valence-electron chi connectivity index (χ0n) is 24.4. The Morgan fingerprint density at radius 3 is 2.21 bits per heavy atom. The maximum atomic E-state index is 12.5. The monoisotopic (exact) mass is 552 g/mol. The van der Waals surface area contributed by atoms with Crippen LogP contribution in [0.5, 0.6) is 0 Å². The normalized spacial score (nSPS) is 49.4. The minimum absolute atomic E-state index is 0.0242. The van der Waals surface area contributed by atoms with Crippen LogP contribution >= 0.6 is 0 Å². The van der Waals surface area contributed by atoms with Gasteiger partial charge in [-0.1, -0.05) is 48.0 Å². The first kappa shape index (κ1) is 28.7. The maximum Gasteiger partial charge on any atom is 0.328 e. The van der Waals surface area contributed by atoms with Crippen LogP contribution in [-0.4, -0.2) is 48.7 Å². The fraction of sp³-hybridized carbons (Fsp3) is 0.967. The summed E-state index contributed by atoms with van der Waals surface area (Å²) in [6.07, 6.45) is 8.62. The predicted molar refractivity (Wildman–Crippen MR) is 149 cm³/mol. The first-order chi connectivity index (χ1) is 17.6. The van der Waals surface area contributed by atoms with Gasteiger partial charge < -0.3 is 15.5 Å². The molecule has 0 aromatic carbocycles. The van der Waals surface area contributed by atoms with E-state index in [9.17, 15) is 23.4 Å². The summed E-state index contributed by atoms with van der Waals surface area (Å²) in [5.41, 5.74) is 0.168. The third kappa shape index (κ3) is 4.00. The molecule has 0 radical (unpaired) electrons. The predicted octanol–water partition coefficient (Wildman–Crippen LogP) is 4.82. The molecule has 5 rings (SSSR count). The molecule has 38 heavy (non-hydrogen) atoms. The van der Waals surface area contributed by atoms with Crippen molar-refractivity contribution >= 4 is 16.1 Å². The average Bonchev–Trinajstić information content (AvgIpc) is 3.67. The zero-order valence-corrected chi connectivity index (χ0v) is 25.2. The van der Waals surface area contributed by atoms with Crippen LogP contribution in [0.15, 0.2) is 0 Å². The van der Waals surface area contributed by atoms with Gasteiger partial charge in [-0.25, -0.2) is 17.9 Å². The van der Waals surface area contributed by atoms with Crippen LogP contribution in [0.4, 0.5) is 4.79 Å². The van der Waals surface area contributed by atoms with Crippen LogP contribution in [-0.2, 0) is 10.0 Å². The van der Waals surface area contributed by atoms with Crippen molar-refractivity contribution in [3.63, 3.8) is 0 Å². The molecule has 2 amide bonds. The van der Waals surface area contributed by atoms with E-state index in [-0.39, 0.29) is 51.6 Å². The molecular formula is C30H52N2O5S. The van der Waals surface area contributed by atoms with Gasteiger partial charge in [-0.15, -0.1) is 0 Å². The summed E-state index contributed by atoms with van der Waals surface area (Å²) < 4.78 is 26.6. The van der Waals surface area contributed by atoms with Crippen LogP contribution in [0.1, 0.15) is 106 Å². The number of carbonyl (C=O) groups is 1. The molecule has 7 nitrogen and oxygen atoms in total. The standard InChI is InChI=1S/C30H52N2O5S/c1-7-21-23-16-19(33)10-12-28(23,4)30(6)15-14-29(5)22(24(30)25(21)34)11-13-27(29,3)18(2)17-31-26(35)32-38(36,37)20-8-9-20/h18-25,33-34H,7-17H2,1-6H3,(H2,31,32,35)/t18-,19-,21-,22+,23?,24?,25-,27-,28+,29?,30+/m1/s1. The van der Waals surface area contributed by atoms with Gasteiger partial charge >= 0.3 is 6.03 Å². The van der Waals surface area contributed by atoms with Gasteiger partial charge in [0.2, 0.25) is 10.0 Å². The summed E-state index contributed by atoms with van der Waals surface area (Å²) >= 11 is 0. The maximum absolute atomic E-state index is 12.5. The van der Waals surface area contributed by atoms with Crippen molar-refractivity contribution in [1.29, 1.82) is 0 Å². The molecule has 5 aliphatic rings. The van der Waals surface area contributed by atoms with Crippen LogP contribution in [0.25, 0.3) is 0 Å². The van der Waals surface area contributed by atoms with Gasteiger partial charge in [-0.05, 0) is 109 Å². The quantitative estimate of drug-likeness (QED) is 0.377. The molecule has 0 aromatic rings. The lowest BCUT2D eigenvalue weighted by molar-refractivity contribution is -0.253. The molecule has 5 aliphatic carbocycles. The molecule has 0 spiro atoms. The van der Waals surface area contributed by atoms with E-state index in [0.717, 1.165) is 51.4 Å². The largest absolute Gasteiger partial charge is 0.393 e. The molecule has 0 aromatic heterocycles. The average molecular weight is 553 g/mol. The van der Waals surface area contributed by atoms with Crippen LogP contribution in [0.3, 0.4) is 0 Å². The number of hydrogen-bond acceptors (Lipinski definition) is 5. The Balaban J connectivity index is 1.37. The van der Waals surface area contributed by atoms with E-state index in [1.54, 1.807) is 0 Å². The highest BCUT2D eigenvalue weighted by Gasteiger charge is 2.71. The van der Waals surface area contributed by atoms with Gasteiger partial charge in [0.25, 0.3) is 0 Å². The van der Waals surface area contributed by atoms with Gasteiger partial charge in [-0.2, -0.15) is 0 Å². The van der Waals surface area contributed by atoms with Crippen LogP contribution in [0.2, 0.25) is 0 Å². The van der Waals surface area contributed by atoms with Crippen molar-refractivity contribution in [2.75, 3.05) is 6.54 Å². The number of hydrogen-bond donors (Lipinski definition) is 4. The third-order valence-electron chi connectivity index (χ3n) is 13.7. The smallest absolute Gasteiger partial charge is 0.328 e. The molecule has 8 heteroatoms. The summed E-state index contributed by atoms with van der Waals surface area (Å²) in [7, 11) is -3.56. The number of carbonyl (C=O) groups excluding carboxylic acids is 1. The van der Waals surface area contributed by atoms with Crippen molar-refractivity contribution < 1.29 is 23.4 Å². The Hall–Kier alpha value is -0.860. The number of urea groups is 1. The van der Waals surface area contributed by atoms with Crippen LogP contribution < -0.4 is 10.0 Å². The lowest BCUT2D eigenvalue weighted by Crippen LogP contribution is -2.67. The van der Waals surface area contributed by atoms with Gasteiger partial charge in [0.05, 0.1) is 17.5 Å². The van der Waals surface area contributed by atoms with E-state index < -0.39 is 21.3 Å². The Labute approximate surface area is 230 Å². The first-order valence-corrected chi connectivity index (χ1v) is 16.8. The molecule has 0 bridgehead atoms. The number of aliphatic hydroxyl groups is 2. The molecule has 218 valence electrons. The molecule has 5 fully saturated rings.